The van der Waals surface area contributed by atoms with Gasteiger partial charge in [-0.1, -0.05) is 20.8 Å². The van der Waals surface area contributed by atoms with Gasteiger partial charge in [0, 0.05) is 11.6 Å². The Hall–Kier alpha value is -2.52. The van der Waals surface area contributed by atoms with Gasteiger partial charge in [0.05, 0.1) is 6.61 Å². The topological polar surface area (TPSA) is 89.0 Å². The van der Waals surface area contributed by atoms with Crippen molar-refractivity contribution in [1.82, 2.24) is 4.98 Å². The van der Waals surface area contributed by atoms with E-state index in [0.29, 0.717) is 21.2 Å². The van der Waals surface area contributed by atoms with Gasteiger partial charge >= 0.3 is 12.2 Å². The number of carboxylic acid groups (broad SMARTS) is 1. The quantitative estimate of drug-likeness (QED) is 0.549. The Morgan fingerprint density at radius 3 is 2.26 bits per heavy atom. The molecule has 0 saturated carbocycles. The summed E-state index contributed by atoms with van der Waals surface area (Å²) in [6, 6.07) is 4.01. The Labute approximate surface area is 183 Å². The third-order valence-electron chi connectivity index (χ3n) is 5.26. The predicted octanol–water partition coefficient (Wildman–Crippen LogP) is 6.32. The van der Waals surface area contributed by atoms with Crippen LogP contribution in [0.4, 0.5) is 19.8 Å². The summed E-state index contributed by atoms with van der Waals surface area (Å²) in [4.78, 5) is 28.6. The molecule has 1 N–H and O–H groups in total. The molecular weight excluding hydrogens is 419 g/mol. The van der Waals surface area contributed by atoms with E-state index in [-0.39, 0.29) is 17.5 Å². The molecule has 2 aromatic rings. The minimum Gasteiger partial charge on any atom is -0.464 e. The largest absolute Gasteiger partial charge is 0.464 e. The lowest BCUT2D eigenvalue weighted by molar-refractivity contribution is 0.0581. The number of halogens is 1. The number of hydrogen-bond acceptors (Lipinski definition) is 5. The number of aromatic nitrogens is 1. The summed E-state index contributed by atoms with van der Waals surface area (Å²) >= 11 is 0. The second kappa shape index (κ2) is 8.55. The van der Waals surface area contributed by atoms with Crippen LogP contribution in [0.1, 0.15) is 47.1 Å². The highest BCUT2D eigenvalue weighted by Gasteiger charge is 2.37. The molecule has 2 amide bonds. The number of pyridine rings is 1. The number of hydrogen-bond donors (Lipinski definition) is 1. The van der Waals surface area contributed by atoms with Crippen LogP contribution in [0.3, 0.4) is 0 Å². The first kappa shape index (κ1) is 24.7. The molecule has 170 valence electrons. The van der Waals surface area contributed by atoms with Crippen molar-refractivity contribution in [2.45, 2.75) is 71.9 Å². The lowest BCUT2D eigenvalue weighted by atomic mass is 10.1. The van der Waals surface area contributed by atoms with Gasteiger partial charge in [0.15, 0.2) is 8.32 Å². The lowest BCUT2D eigenvalue weighted by Gasteiger charge is -2.36. The maximum atomic E-state index is 14.3. The van der Waals surface area contributed by atoms with Gasteiger partial charge in [-0.3, -0.25) is 0 Å². The molecule has 0 radical (unpaired) electrons. The summed E-state index contributed by atoms with van der Waals surface area (Å²) in [6.07, 6.45) is -1.20. The molecule has 0 fully saturated rings. The summed E-state index contributed by atoms with van der Waals surface area (Å²) in [7, 11) is -2.06. The standard InChI is InChI=1S/C22H31FN2O5Si/c1-21(2,3)30-20(28)25(19(26)27)18-11-14-9-16(23)10-15(17(14)12-24-18)13-29-31(7,8)22(4,5)6/h9-12H,13H2,1-8H3,(H,26,27). The minimum absolute atomic E-state index is 0.00302. The van der Waals surface area contributed by atoms with Gasteiger partial charge in [-0.2, -0.15) is 4.90 Å². The van der Waals surface area contributed by atoms with Crippen LogP contribution in [0.15, 0.2) is 24.4 Å². The van der Waals surface area contributed by atoms with Crippen molar-refractivity contribution >= 4 is 37.1 Å². The van der Waals surface area contributed by atoms with Gasteiger partial charge < -0.3 is 14.3 Å². The second-order valence-electron chi connectivity index (χ2n) is 9.98. The Morgan fingerprint density at radius 2 is 1.74 bits per heavy atom. The number of amides is 2. The van der Waals surface area contributed by atoms with Crippen molar-refractivity contribution in [2.24, 2.45) is 0 Å². The molecule has 0 aliphatic carbocycles. The van der Waals surface area contributed by atoms with Crippen LogP contribution in [0.25, 0.3) is 10.8 Å². The van der Waals surface area contributed by atoms with Crippen LogP contribution in [0.2, 0.25) is 18.1 Å². The second-order valence-corrected chi connectivity index (χ2v) is 14.8. The molecule has 2 rings (SSSR count). The predicted molar refractivity (Wildman–Crippen MR) is 120 cm³/mol. The zero-order chi connectivity index (χ0) is 23.8. The van der Waals surface area contributed by atoms with Gasteiger partial charge in [-0.15, -0.1) is 0 Å². The van der Waals surface area contributed by atoms with E-state index in [2.05, 4.69) is 38.8 Å². The van der Waals surface area contributed by atoms with E-state index in [0.717, 1.165) is 0 Å². The average Bonchev–Trinajstić information content (AvgIpc) is 2.56. The van der Waals surface area contributed by atoms with Crippen molar-refractivity contribution < 1.29 is 28.2 Å². The highest BCUT2D eigenvalue weighted by molar-refractivity contribution is 6.74. The van der Waals surface area contributed by atoms with Crippen molar-refractivity contribution in [3.63, 3.8) is 0 Å². The third kappa shape index (κ3) is 6.01. The van der Waals surface area contributed by atoms with E-state index in [1.54, 1.807) is 20.8 Å². The van der Waals surface area contributed by atoms with E-state index in [9.17, 15) is 19.1 Å². The molecule has 0 spiro atoms. The molecule has 0 bridgehead atoms. The van der Waals surface area contributed by atoms with Crippen LogP contribution >= 0.6 is 0 Å². The number of carbonyl (C=O) groups is 2. The molecule has 1 aromatic heterocycles. The number of rotatable bonds is 4. The van der Waals surface area contributed by atoms with Crippen LogP contribution in [0, 0.1) is 5.82 Å². The number of carbonyl (C=O) groups excluding carboxylic acids is 1. The molecule has 7 nitrogen and oxygen atoms in total. The molecule has 1 aromatic carbocycles. The lowest BCUT2D eigenvalue weighted by Crippen LogP contribution is -2.40. The van der Waals surface area contributed by atoms with Crippen LogP contribution in [-0.4, -0.2) is 36.2 Å². The average molecular weight is 451 g/mol. The number of benzene rings is 1. The van der Waals surface area contributed by atoms with E-state index in [4.69, 9.17) is 9.16 Å². The Kier molecular flexibility index (Phi) is 6.82. The van der Waals surface area contributed by atoms with E-state index in [1.165, 1.54) is 24.4 Å². The molecular formula is C22H31FN2O5Si. The number of ether oxygens (including phenoxy) is 1. The summed E-state index contributed by atoms with van der Waals surface area (Å²) in [5, 5.41) is 10.6. The van der Waals surface area contributed by atoms with Crippen LogP contribution in [-0.2, 0) is 15.8 Å². The molecule has 0 aliphatic rings. The van der Waals surface area contributed by atoms with E-state index < -0.39 is 31.9 Å². The summed E-state index contributed by atoms with van der Waals surface area (Å²) in [5.41, 5.74) is -0.278. The summed E-state index contributed by atoms with van der Waals surface area (Å²) < 4.78 is 25.7. The zero-order valence-corrected chi connectivity index (χ0v) is 20.4. The fourth-order valence-electron chi connectivity index (χ4n) is 2.58. The molecule has 0 aliphatic heterocycles. The Bertz CT molecular complexity index is 996. The number of imide groups is 1. The first-order chi connectivity index (χ1) is 14.0. The first-order valence-corrected chi connectivity index (χ1v) is 12.9. The van der Waals surface area contributed by atoms with Gasteiger partial charge in [0.2, 0.25) is 0 Å². The van der Waals surface area contributed by atoms with Crippen molar-refractivity contribution in [3.8, 4) is 0 Å². The summed E-state index contributed by atoms with van der Waals surface area (Å²) in [5.74, 6) is -0.659. The maximum Gasteiger partial charge on any atom is 0.425 e. The molecule has 0 atom stereocenters. The fraction of sp³-hybridized carbons (Fsp3) is 0.500. The normalized spacial score (nSPS) is 12.7. The van der Waals surface area contributed by atoms with Crippen LogP contribution in [0.5, 0.6) is 0 Å². The molecule has 0 unspecified atom stereocenters. The molecule has 31 heavy (non-hydrogen) atoms. The first-order valence-electron chi connectivity index (χ1n) is 10.00. The summed E-state index contributed by atoms with van der Waals surface area (Å²) in [6.45, 7) is 15.7. The van der Waals surface area contributed by atoms with E-state index in [1.807, 2.05) is 0 Å². The smallest absolute Gasteiger partial charge is 0.425 e. The highest BCUT2D eigenvalue weighted by atomic mass is 28.4. The Balaban J connectivity index is 2.45. The van der Waals surface area contributed by atoms with E-state index >= 15 is 0 Å². The number of anilines is 1. The van der Waals surface area contributed by atoms with Gasteiger partial charge in [-0.05, 0) is 68.1 Å². The molecule has 0 saturated heterocycles. The maximum absolute atomic E-state index is 14.3. The number of fused-ring (bicyclic) bond motifs is 1. The number of nitrogens with zero attached hydrogens (tertiary/aromatic N) is 2. The third-order valence-corrected chi connectivity index (χ3v) is 9.74. The fourth-order valence-corrected chi connectivity index (χ4v) is 3.52. The van der Waals surface area contributed by atoms with Crippen molar-refractivity contribution in [2.75, 3.05) is 4.90 Å². The van der Waals surface area contributed by atoms with Gasteiger partial charge in [-0.25, -0.2) is 19.0 Å². The van der Waals surface area contributed by atoms with Gasteiger partial charge in [0.1, 0.15) is 17.2 Å². The Morgan fingerprint density at radius 1 is 1.13 bits per heavy atom. The van der Waals surface area contributed by atoms with Gasteiger partial charge in [0.25, 0.3) is 0 Å². The molecule has 1 heterocycles. The van der Waals surface area contributed by atoms with Crippen molar-refractivity contribution in [3.05, 3.63) is 35.8 Å². The zero-order valence-electron chi connectivity index (χ0n) is 19.4. The molecule has 9 heteroatoms. The minimum atomic E-state index is -2.06. The van der Waals surface area contributed by atoms with Crippen LogP contribution < -0.4 is 4.90 Å². The SMILES string of the molecule is CC(C)(C)OC(=O)N(C(=O)O)c1cc2cc(F)cc(CO[Si](C)(C)C(C)(C)C)c2cn1. The van der Waals surface area contributed by atoms with Crippen molar-refractivity contribution in [1.29, 1.82) is 0 Å². The highest BCUT2D eigenvalue weighted by Crippen LogP contribution is 2.37. The monoisotopic (exact) mass is 450 g/mol.